The van der Waals surface area contributed by atoms with Crippen LogP contribution >= 0.6 is 35.6 Å². The van der Waals surface area contributed by atoms with Gasteiger partial charge in [0.05, 0.1) is 22.1 Å². The van der Waals surface area contributed by atoms with Gasteiger partial charge in [0.2, 0.25) is 0 Å². The number of amides is 2. The average Bonchev–Trinajstić information content (AvgIpc) is 3.07. The van der Waals surface area contributed by atoms with Crippen LogP contribution in [0.3, 0.4) is 0 Å². The van der Waals surface area contributed by atoms with E-state index in [4.69, 9.17) is 28.6 Å². The minimum atomic E-state index is -0.495. The summed E-state index contributed by atoms with van der Waals surface area (Å²) in [4.78, 5) is 25.7. The van der Waals surface area contributed by atoms with Gasteiger partial charge in [0.25, 0.3) is 11.8 Å². The predicted octanol–water partition coefficient (Wildman–Crippen LogP) is 6.63. The van der Waals surface area contributed by atoms with Crippen molar-refractivity contribution in [2.75, 3.05) is 6.61 Å². The minimum Gasteiger partial charge on any atom is -0.494 e. The van der Waals surface area contributed by atoms with E-state index in [2.05, 4.69) is 12.3 Å². The van der Waals surface area contributed by atoms with E-state index in [0.29, 0.717) is 16.5 Å². The molecule has 174 valence electrons. The lowest BCUT2D eigenvalue weighted by Gasteiger charge is -2.16. The fourth-order valence-electron chi connectivity index (χ4n) is 3.26. The molecule has 0 aliphatic carbocycles. The molecular weight excluding hydrogens is 476 g/mol. The minimum absolute atomic E-state index is 0.255. The van der Waals surface area contributed by atoms with Crippen molar-refractivity contribution < 1.29 is 14.3 Å². The molecule has 1 heterocycles. The molecule has 0 radical (unpaired) electrons. The van der Waals surface area contributed by atoms with Gasteiger partial charge in [-0.3, -0.25) is 15.0 Å². The molecule has 0 saturated carbocycles. The topological polar surface area (TPSA) is 58.6 Å². The molecule has 1 N–H and O–H groups in total. The van der Waals surface area contributed by atoms with Crippen LogP contribution in [-0.4, -0.2) is 27.8 Å². The van der Waals surface area contributed by atoms with E-state index < -0.39 is 5.91 Å². The molecule has 0 bridgehead atoms. The van der Waals surface area contributed by atoms with Crippen LogP contribution in [0.4, 0.5) is 0 Å². The number of nitrogens with one attached hydrogen (secondary N) is 1. The molecule has 2 aromatic carbocycles. The summed E-state index contributed by atoms with van der Waals surface area (Å²) >= 11 is 12.5. The summed E-state index contributed by atoms with van der Waals surface area (Å²) in [6.07, 6.45) is 9.09. The summed E-state index contributed by atoms with van der Waals surface area (Å²) in [5.74, 6) is -0.0703. The number of hydrogen-bond donors (Lipinski definition) is 1. The number of rotatable bonds is 11. The second kappa shape index (κ2) is 12.8. The van der Waals surface area contributed by atoms with Crippen molar-refractivity contribution in [2.45, 2.75) is 45.4 Å². The molecule has 0 spiro atoms. The highest BCUT2D eigenvalue weighted by Gasteiger charge is 2.34. The summed E-state index contributed by atoms with van der Waals surface area (Å²) in [7, 11) is 0. The number of hydrogen-bond acceptors (Lipinski definition) is 5. The second-order valence-electron chi connectivity index (χ2n) is 7.62. The molecule has 1 aliphatic rings. The van der Waals surface area contributed by atoms with Crippen LogP contribution in [-0.2, 0) is 4.79 Å². The fraction of sp³-hybridized carbons (Fsp3) is 0.320. The van der Waals surface area contributed by atoms with E-state index in [1.807, 2.05) is 24.3 Å². The lowest BCUT2D eigenvalue weighted by molar-refractivity contribution is -0.123. The summed E-state index contributed by atoms with van der Waals surface area (Å²) in [5.41, 5.74) is 3.66. The number of thioether (sulfide) groups is 1. The molecule has 1 fully saturated rings. The normalized spacial score (nSPS) is 14.7. The Morgan fingerprint density at radius 3 is 2.52 bits per heavy atom. The molecule has 2 aromatic rings. The third kappa shape index (κ3) is 7.32. The number of hydrazine groups is 1. The number of carbonyl (C=O) groups excluding carboxylic acids is 2. The van der Waals surface area contributed by atoms with Crippen LogP contribution < -0.4 is 10.2 Å². The van der Waals surface area contributed by atoms with Gasteiger partial charge in [0.15, 0.2) is 4.32 Å². The van der Waals surface area contributed by atoms with Crippen molar-refractivity contribution in [3.63, 3.8) is 0 Å². The maximum absolute atomic E-state index is 12.8. The highest BCUT2D eigenvalue weighted by molar-refractivity contribution is 8.26. The number of halogens is 1. The molecule has 0 aromatic heterocycles. The summed E-state index contributed by atoms with van der Waals surface area (Å²) < 4.78 is 6.06. The highest BCUT2D eigenvalue weighted by atomic mass is 35.5. The standard InChI is InChI=1S/C25H27ClN2O3S2/c1-2-3-4-5-6-9-16-31-19-14-12-18(13-15-19)17-22-24(30)28(25(32)33-22)27-23(29)20-10-7-8-11-21(20)26/h7-8,10-15,17H,2-6,9,16H2,1H3,(H,27,29)/b22-17-. The van der Waals surface area contributed by atoms with E-state index in [1.54, 1.807) is 30.3 Å². The van der Waals surface area contributed by atoms with Gasteiger partial charge in [-0.2, -0.15) is 5.01 Å². The van der Waals surface area contributed by atoms with Crippen LogP contribution in [0.5, 0.6) is 5.75 Å². The first kappa shape index (κ1) is 25.3. The zero-order valence-electron chi connectivity index (χ0n) is 18.5. The lowest BCUT2D eigenvalue weighted by Crippen LogP contribution is -2.44. The molecule has 33 heavy (non-hydrogen) atoms. The summed E-state index contributed by atoms with van der Waals surface area (Å²) in [6.45, 7) is 2.92. The van der Waals surface area contributed by atoms with E-state index in [9.17, 15) is 9.59 Å². The Balaban J connectivity index is 1.53. The first-order valence-electron chi connectivity index (χ1n) is 11.1. The summed E-state index contributed by atoms with van der Waals surface area (Å²) in [5, 5.41) is 1.38. The van der Waals surface area contributed by atoms with Crippen molar-refractivity contribution in [2.24, 2.45) is 0 Å². The van der Waals surface area contributed by atoms with Crippen LogP contribution in [0.25, 0.3) is 6.08 Å². The smallest absolute Gasteiger partial charge is 0.285 e. The monoisotopic (exact) mass is 502 g/mol. The molecule has 1 aliphatic heterocycles. The number of unbranched alkanes of at least 4 members (excludes halogenated alkanes) is 5. The lowest BCUT2D eigenvalue weighted by atomic mass is 10.1. The first-order valence-corrected chi connectivity index (χ1v) is 12.7. The largest absolute Gasteiger partial charge is 0.494 e. The van der Waals surface area contributed by atoms with Crippen molar-refractivity contribution in [3.8, 4) is 5.75 Å². The average molecular weight is 503 g/mol. The molecule has 3 rings (SSSR count). The SMILES string of the molecule is CCCCCCCCOc1ccc(/C=C2\SC(=S)N(NC(=O)c3ccccc3Cl)C2=O)cc1. The van der Waals surface area contributed by atoms with Gasteiger partial charge in [-0.05, 0) is 54.5 Å². The zero-order chi connectivity index (χ0) is 23.6. The van der Waals surface area contributed by atoms with Gasteiger partial charge >= 0.3 is 0 Å². The van der Waals surface area contributed by atoms with Crippen molar-refractivity contribution in [1.82, 2.24) is 10.4 Å². The molecular formula is C25H27ClN2O3S2. The maximum atomic E-state index is 12.8. The number of ether oxygens (including phenoxy) is 1. The predicted molar refractivity (Wildman–Crippen MR) is 139 cm³/mol. The van der Waals surface area contributed by atoms with Crippen molar-refractivity contribution in [3.05, 3.63) is 69.6 Å². The molecule has 8 heteroatoms. The first-order chi connectivity index (χ1) is 16.0. The quantitative estimate of drug-likeness (QED) is 0.212. The number of thiocarbonyl (C=S) groups is 1. The Morgan fingerprint density at radius 2 is 1.79 bits per heavy atom. The van der Waals surface area contributed by atoms with Gasteiger partial charge in [-0.15, -0.1) is 0 Å². The molecule has 0 unspecified atom stereocenters. The third-order valence-electron chi connectivity index (χ3n) is 5.07. The fourth-order valence-corrected chi connectivity index (χ4v) is 4.66. The number of benzene rings is 2. The zero-order valence-corrected chi connectivity index (χ0v) is 20.9. The third-order valence-corrected chi connectivity index (χ3v) is 6.70. The highest BCUT2D eigenvalue weighted by Crippen LogP contribution is 2.32. The second-order valence-corrected chi connectivity index (χ2v) is 9.71. The Labute approximate surface area is 209 Å². The van der Waals surface area contributed by atoms with Crippen LogP contribution in [0, 0.1) is 0 Å². The molecule has 2 amide bonds. The van der Waals surface area contributed by atoms with Gasteiger partial charge in [0.1, 0.15) is 5.75 Å². The Bertz CT molecular complexity index is 1020. The molecule has 0 atom stereocenters. The Hall–Kier alpha value is -2.35. The van der Waals surface area contributed by atoms with Crippen molar-refractivity contribution >= 4 is 57.8 Å². The van der Waals surface area contributed by atoms with E-state index in [1.165, 1.54) is 32.1 Å². The van der Waals surface area contributed by atoms with Gasteiger partial charge in [0, 0.05) is 0 Å². The van der Waals surface area contributed by atoms with E-state index >= 15 is 0 Å². The van der Waals surface area contributed by atoms with Crippen molar-refractivity contribution in [1.29, 1.82) is 0 Å². The van der Waals surface area contributed by atoms with Crippen LogP contribution in [0.2, 0.25) is 5.02 Å². The van der Waals surface area contributed by atoms with E-state index in [-0.39, 0.29) is 15.8 Å². The van der Waals surface area contributed by atoms with E-state index in [0.717, 1.165) is 34.5 Å². The summed E-state index contributed by atoms with van der Waals surface area (Å²) in [6, 6.07) is 14.2. The number of nitrogens with zero attached hydrogens (tertiary/aromatic N) is 1. The molecule has 1 saturated heterocycles. The maximum Gasteiger partial charge on any atom is 0.285 e. The van der Waals surface area contributed by atoms with Gasteiger partial charge in [-0.1, -0.05) is 86.7 Å². The Morgan fingerprint density at radius 1 is 1.09 bits per heavy atom. The van der Waals surface area contributed by atoms with Crippen LogP contribution in [0.1, 0.15) is 61.4 Å². The Kier molecular flexibility index (Phi) is 9.78. The molecule has 5 nitrogen and oxygen atoms in total. The van der Waals surface area contributed by atoms with Gasteiger partial charge in [-0.25, -0.2) is 0 Å². The van der Waals surface area contributed by atoms with Gasteiger partial charge < -0.3 is 4.74 Å². The van der Waals surface area contributed by atoms with Crippen LogP contribution in [0.15, 0.2) is 53.4 Å². The number of carbonyl (C=O) groups is 2.